The summed E-state index contributed by atoms with van der Waals surface area (Å²) in [5, 5.41) is 2.86. The van der Waals surface area contributed by atoms with Gasteiger partial charge in [-0.15, -0.1) is 0 Å². The van der Waals surface area contributed by atoms with E-state index in [-0.39, 0.29) is 17.5 Å². The van der Waals surface area contributed by atoms with Crippen LogP contribution in [0.2, 0.25) is 0 Å². The van der Waals surface area contributed by atoms with Gasteiger partial charge in [0.1, 0.15) is 17.3 Å². The van der Waals surface area contributed by atoms with E-state index in [9.17, 15) is 9.18 Å². The molecule has 1 N–H and O–H groups in total. The van der Waals surface area contributed by atoms with Crippen molar-refractivity contribution in [2.24, 2.45) is 0 Å². The van der Waals surface area contributed by atoms with E-state index in [4.69, 9.17) is 9.15 Å². The molecular weight excluding hydrogens is 445 g/mol. The average molecular weight is 474 g/mol. The Hall–Kier alpha value is -3.87. The zero-order chi connectivity index (χ0) is 24.2. The van der Waals surface area contributed by atoms with Crippen molar-refractivity contribution in [2.75, 3.05) is 11.9 Å². The van der Waals surface area contributed by atoms with Gasteiger partial charge in [0.2, 0.25) is 0 Å². The number of hydrogen-bond donors (Lipinski definition) is 1. The van der Waals surface area contributed by atoms with Crippen LogP contribution in [0.25, 0.3) is 22.7 Å². The van der Waals surface area contributed by atoms with Crippen LogP contribution in [0.3, 0.4) is 0 Å². The third-order valence-corrected chi connectivity index (χ3v) is 6.37. The van der Waals surface area contributed by atoms with Gasteiger partial charge in [0.25, 0.3) is 5.91 Å². The van der Waals surface area contributed by atoms with Crippen LogP contribution < -0.4 is 10.1 Å². The van der Waals surface area contributed by atoms with E-state index < -0.39 is 0 Å². The maximum atomic E-state index is 13.6. The quantitative estimate of drug-likeness (QED) is 0.311. The minimum atomic E-state index is -0.340. The third kappa shape index (κ3) is 4.99. The SMILES string of the molecule is CCOc1ccc(NC(=O)c2ccc(-c3c(-c4ccc(F)cc4)ncn3C3CCCCC3)o2)cc1. The molecule has 0 unspecified atom stereocenters. The van der Waals surface area contributed by atoms with Crippen LogP contribution in [0.5, 0.6) is 5.75 Å². The van der Waals surface area contributed by atoms with Crippen molar-refractivity contribution in [2.45, 2.75) is 45.1 Å². The highest BCUT2D eigenvalue weighted by atomic mass is 19.1. The molecule has 1 aliphatic carbocycles. The van der Waals surface area contributed by atoms with Gasteiger partial charge in [-0.05, 0) is 80.4 Å². The van der Waals surface area contributed by atoms with Crippen molar-refractivity contribution in [3.63, 3.8) is 0 Å². The Balaban J connectivity index is 1.45. The van der Waals surface area contributed by atoms with Gasteiger partial charge in [-0.1, -0.05) is 19.3 Å². The summed E-state index contributed by atoms with van der Waals surface area (Å²) in [7, 11) is 0. The van der Waals surface area contributed by atoms with E-state index in [0.717, 1.165) is 29.8 Å². The number of nitrogens with zero attached hydrogens (tertiary/aromatic N) is 2. The molecule has 0 aliphatic heterocycles. The van der Waals surface area contributed by atoms with E-state index in [1.165, 1.54) is 31.4 Å². The molecule has 1 fully saturated rings. The second-order valence-electron chi connectivity index (χ2n) is 8.72. The predicted octanol–water partition coefficient (Wildman–Crippen LogP) is 7.11. The summed E-state index contributed by atoms with van der Waals surface area (Å²) in [4.78, 5) is 17.6. The number of aromatic nitrogens is 2. The predicted molar refractivity (Wildman–Crippen MR) is 133 cm³/mol. The Morgan fingerprint density at radius 1 is 1.06 bits per heavy atom. The standard InChI is InChI=1S/C28H28FN3O3/c1-2-34-23-14-12-21(13-15-23)31-28(33)25-17-16-24(35-25)27-26(19-8-10-20(29)11-9-19)30-18-32(27)22-6-4-3-5-7-22/h8-18,22H,2-7H2,1H3,(H,31,33). The smallest absolute Gasteiger partial charge is 0.291 e. The Labute approximate surface area is 203 Å². The van der Waals surface area contributed by atoms with Crippen LogP contribution >= 0.6 is 0 Å². The summed E-state index contributed by atoms with van der Waals surface area (Å²) in [5.41, 5.74) is 2.97. The van der Waals surface area contributed by atoms with Crippen molar-refractivity contribution < 1.29 is 18.3 Å². The highest BCUT2D eigenvalue weighted by Crippen LogP contribution is 2.38. The summed E-state index contributed by atoms with van der Waals surface area (Å²) >= 11 is 0. The fourth-order valence-electron chi connectivity index (χ4n) is 4.64. The van der Waals surface area contributed by atoms with Gasteiger partial charge in [-0.25, -0.2) is 9.37 Å². The molecule has 7 heteroatoms. The molecular formula is C28H28FN3O3. The number of halogens is 1. The lowest BCUT2D eigenvalue weighted by atomic mass is 9.95. The lowest BCUT2D eigenvalue weighted by molar-refractivity contribution is 0.0997. The number of imidazole rings is 1. The molecule has 0 radical (unpaired) electrons. The van der Waals surface area contributed by atoms with E-state index in [0.29, 0.717) is 29.8 Å². The van der Waals surface area contributed by atoms with Crippen molar-refractivity contribution >= 4 is 11.6 Å². The molecule has 4 aromatic rings. The van der Waals surface area contributed by atoms with Crippen LogP contribution in [0.15, 0.2) is 71.4 Å². The summed E-state index contributed by atoms with van der Waals surface area (Å²) in [6.45, 7) is 2.50. The van der Waals surface area contributed by atoms with Gasteiger partial charge >= 0.3 is 0 Å². The molecule has 0 bridgehead atoms. The zero-order valence-corrected chi connectivity index (χ0v) is 19.7. The highest BCUT2D eigenvalue weighted by Gasteiger charge is 2.25. The van der Waals surface area contributed by atoms with Gasteiger partial charge in [0, 0.05) is 17.3 Å². The fourth-order valence-corrected chi connectivity index (χ4v) is 4.64. The lowest BCUT2D eigenvalue weighted by Gasteiger charge is -2.24. The monoisotopic (exact) mass is 473 g/mol. The summed E-state index contributed by atoms with van der Waals surface area (Å²) in [5.74, 6) is 0.871. The Bertz CT molecular complexity index is 1290. The first-order chi connectivity index (χ1) is 17.1. The number of rotatable bonds is 7. The van der Waals surface area contributed by atoms with Crippen LogP contribution in [0, 0.1) is 5.82 Å². The molecule has 6 nitrogen and oxygen atoms in total. The first kappa shape index (κ1) is 22.9. The number of anilines is 1. The normalized spacial score (nSPS) is 14.1. The first-order valence-electron chi connectivity index (χ1n) is 12.1. The number of furan rings is 1. The third-order valence-electron chi connectivity index (χ3n) is 6.37. The molecule has 2 aromatic heterocycles. The largest absolute Gasteiger partial charge is 0.494 e. The topological polar surface area (TPSA) is 69.3 Å². The van der Waals surface area contributed by atoms with Crippen LogP contribution in [0.1, 0.15) is 55.6 Å². The maximum Gasteiger partial charge on any atom is 0.291 e. The van der Waals surface area contributed by atoms with E-state index in [1.54, 1.807) is 36.4 Å². The summed E-state index contributed by atoms with van der Waals surface area (Å²) in [6.07, 6.45) is 7.55. The second kappa shape index (κ2) is 10.2. The van der Waals surface area contributed by atoms with Crippen LogP contribution in [-0.4, -0.2) is 22.1 Å². The number of carbonyl (C=O) groups excluding carboxylic acids is 1. The first-order valence-corrected chi connectivity index (χ1v) is 12.1. The molecule has 35 heavy (non-hydrogen) atoms. The van der Waals surface area contributed by atoms with Crippen molar-refractivity contribution in [1.82, 2.24) is 9.55 Å². The van der Waals surface area contributed by atoms with Gasteiger partial charge in [0.15, 0.2) is 11.5 Å². The summed E-state index contributed by atoms with van der Waals surface area (Å²) in [6, 6.07) is 17.3. The van der Waals surface area contributed by atoms with E-state index >= 15 is 0 Å². The number of nitrogens with one attached hydrogen (secondary N) is 1. The van der Waals surface area contributed by atoms with Crippen molar-refractivity contribution in [1.29, 1.82) is 0 Å². The number of ether oxygens (including phenoxy) is 1. The molecule has 1 amide bonds. The Morgan fingerprint density at radius 2 is 1.80 bits per heavy atom. The van der Waals surface area contributed by atoms with Crippen molar-refractivity contribution in [3.05, 3.63) is 78.6 Å². The minimum Gasteiger partial charge on any atom is -0.494 e. The molecule has 1 saturated carbocycles. The van der Waals surface area contributed by atoms with Crippen LogP contribution in [0.4, 0.5) is 10.1 Å². The highest BCUT2D eigenvalue weighted by molar-refractivity contribution is 6.02. The molecule has 2 aromatic carbocycles. The fraction of sp³-hybridized carbons (Fsp3) is 0.286. The van der Waals surface area contributed by atoms with Gasteiger partial charge in [-0.3, -0.25) is 4.79 Å². The molecule has 180 valence electrons. The maximum absolute atomic E-state index is 13.6. The Morgan fingerprint density at radius 3 is 2.51 bits per heavy atom. The molecule has 2 heterocycles. The van der Waals surface area contributed by atoms with Crippen molar-refractivity contribution in [3.8, 4) is 28.5 Å². The van der Waals surface area contributed by atoms with E-state index in [2.05, 4.69) is 14.9 Å². The molecule has 5 rings (SSSR count). The number of hydrogen-bond acceptors (Lipinski definition) is 4. The molecule has 0 atom stereocenters. The molecule has 1 aliphatic rings. The number of benzene rings is 2. The van der Waals surface area contributed by atoms with Crippen LogP contribution in [-0.2, 0) is 0 Å². The van der Waals surface area contributed by atoms with Gasteiger partial charge in [-0.2, -0.15) is 0 Å². The zero-order valence-electron chi connectivity index (χ0n) is 19.7. The van der Waals surface area contributed by atoms with E-state index in [1.807, 2.05) is 25.4 Å². The summed E-state index contributed by atoms with van der Waals surface area (Å²) < 4.78 is 27.2. The number of amides is 1. The van der Waals surface area contributed by atoms with Gasteiger partial charge < -0.3 is 19.0 Å². The average Bonchev–Trinajstić information content (AvgIpc) is 3.54. The molecule has 0 saturated heterocycles. The van der Waals surface area contributed by atoms with Gasteiger partial charge in [0.05, 0.1) is 18.6 Å². The molecule has 0 spiro atoms. The second-order valence-corrected chi connectivity index (χ2v) is 8.72. The lowest BCUT2D eigenvalue weighted by Crippen LogP contribution is -2.13. The number of carbonyl (C=O) groups is 1. The Kier molecular flexibility index (Phi) is 6.66. The minimum absolute atomic E-state index is 0.204.